The first-order valence-electron chi connectivity index (χ1n) is 8.24. The summed E-state index contributed by atoms with van der Waals surface area (Å²) in [6.07, 6.45) is 0. The maximum Gasteiger partial charge on any atom is 0.248 e. The average Bonchev–Trinajstić information content (AvgIpc) is 3.00. The van der Waals surface area contributed by atoms with Gasteiger partial charge >= 0.3 is 0 Å². The molecule has 0 aliphatic heterocycles. The zero-order chi connectivity index (χ0) is 20.6. The molecule has 3 rings (SSSR count). The molecule has 0 saturated carbocycles. The lowest BCUT2D eigenvalue weighted by molar-refractivity contribution is 0.0833. The molecule has 146 valence electrons. The van der Waals surface area contributed by atoms with E-state index in [1.807, 2.05) is 0 Å². The summed E-state index contributed by atoms with van der Waals surface area (Å²) in [7, 11) is 1.64. The number of halogens is 3. The van der Waals surface area contributed by atoms with Crippen LogP contribution >= 0.6 is 0 Å². The molecule has 1 amide bonds. The minimum absolute atomic E-state index is 0.259. The third-order valence-corrected chi connectivity index (χ3v) is 4.14. The molecule has 3 aromatic rings. The van der Waals surface area contributed by atoms with Crippen LogP contribution in [0.15, 0.2) is 36.4 Å². The quantitative estimate of drug-likeness (QED) is 0.725. The van der Waals surface area contributed by atoms with Crippen molar-refractivity contribution >= 4 is 5.91 Å². The number of nitrogens with two attached hydrogens (primary N) is 1. The van der Waals surface area contributed by atoms with Crippen molar-refractivity contribution in [1.82, 2.24) is 14.8 Å². The molecule has 1 heterocycles. The lowest BCUT2D eigenvalue weighted by atomic mass is 10.1. The van der Waals surface area contributed by atoms with E-state index < -0.39 is 34.7 Å². The van der Waals surface area contributed by atoms with Crippen LogP contribution in [0, 0.1) is 17.5 Å². The van der Waals surface area contributed by atoms with Crippen molar-refractivity contribution in [3.05, 3.63) is 65.2 Å². The smallest absolute Gasteiger partial charge is 0.248 e. The predicted molar refractivity (Wildman–Crippen MR) is 94.9 cm³/mol. The van der Waals surface area contributed by atoms with Crippen LogP contribution in [0.3, 0.4) is 0 Å². The highest BCUT2D eigenvalue weighted by Crippen LogP contribution is 2.32. The van der Waals surface area contributed by atoms with Crippen LogP contribution in [-0.4, -0.2) is 20.7 Å². The van der Waals surface area contributed by atoms with Crippen LogP contribution in [0.4, 0.5) is 13.2 Å². The van der Waals surface area contributed by atoms with Crippen molar-refractivity contribution in [3.63, 3.8) is 0 Å². The van der Waals surface area contributed by atoms with Gasteiger partial charge in [0.05, 0.1) is 0 Å². The number of rotatable bonds is 5. The lowest BCUT2D eigenvalue weighted by Crippen LogP contribution is -2.30. The van der Waals surface area contributed by atoms with Crippen molar-refractivity contribution in [2.45, 2.75) is 19.4 Å². The maximum absolute atomic E-state index is 14.0. The van der Waals surface area contributed by atoms with E-state index in [9.17, 15) is 18.0 Å². The first kappa shape index (κ1) is 19.4. The molecule has 0 aliphatic carbocycles. The maximum atomic E-state index is 14.0. The third kappa shape index (κ3) is 3.55. The Kier molecular flexibility index (Phi) is 4.84. The van der Waals surface area contributed by atoms with Crippen LogP contribution in [0.5, 0.6) is 5.75 Å². The van der Waals surface area contributed by atoms with E-state index in [0.717, 1.165) is 0 Å². The summed E-state index contributed by atoms with van der Waals surface area (Å²) in [5, 5.41) is 8.15. The van der Waals surface area contributed by atoms with Gasteiger partial charge in [0.15, 0.2) is 34.6 Å². The number of benzene rings is 2. The number of hydrogen-bond acceptors (Lipinski definition) is 4. The van der Waals surface area contributed by atoms with Crippen LogP contribution in [0.25, 0.3) is 11.4 Å². The zero-order valence-electron chi connectivity index (χ0n) is 15.3. The second-order valence-electron chi connectivity index (χ2n) is 6.66. The Morgan fingerprint density at radius 2 is 1.75 bits per heavy atom. The SMILES string of the molecule is Cn1c(-c2cccc(C(N)=O)c2)nnc1C(C)(C)Oc1c(F)cc(F)cc1F. The van der Waals surface area contributed by atoms with Crippen molar-refractivity contribution in [2.24, 2.45) is 12.8 Å². The summed E-state index contributed by atoms with van der Waals surface area (Å²) in [5.41, 5.74) is 4.87. The average molecular weight is 390 g/mol. The largest absolute Gasteiger partial charge is 0.474 e. The van der Waals surface area contributed by atoms with Gasteiger partial charge in [-0.05, 0) is 26.0 Å². The monoisotopic (exact) mass is 390 g/mol. The highest BCUT2D eigenvalue weighted by Gasteiger charge is 2.32. The molecule has 28 heavy (non-hydrogen) atoms. The van der Waals surface area contributed by atoms with E-state index in [1.54, 1.807) is 49.7 Å². The molecule has 0 aliphatic rings. The highest BCUT2D eigenvalue weighted by atomic mass is 19.1. The Morgan fingerprint density at radius 3 is 2.36 bits per heavy atom. The van der Waals surface area contributed by atoms with Gasteiger partial charge in [-0.1, -0.05) is 12.1 Å². The third-order valence-electron chi connectivity index (χ3n) is 4.14. The van der Waals surface area contributed by atoms with E-state index in [0.29, 0.717) is 29.1 Å². The zero-order valence-corrected chi connectivity index (χ0v) is 15.3. The standard InChI is InChI=1S/C19H17F3N4O2/c1-19(2,28-15-13(21)8-12(20)9-14(15)22)18-25-24-17(26(18)3)11-6-4-5-10(7-11)16(23)27/h4-9H,1-3H3,(H2,23,27). The molecular formula is C19H17F3N4O2. The normalized spacial score (nSPS) is 11.5. The van der Waals surface area contributed by atoms with Gasteiger partial charge in [0, 0.05) is 30.3 Å². The minimum atomic E-state index is -1.30. The molecule has 0 bridgehead atoms. The molecule has 0 atom stereocenters. The molecule has 9 heteroatoms. The van der Waals surface area contributed by atoms with Crippen LogP contribution < -0.4 is 10.5 Å². The van der Waals surface area contributed by atoms with Crippen molar-refractivity contribution in [2.75, 3.05) is 0 Å². The molecular weight excluding hydrogens is 373 g/mol. The summed E-state index contributed by atoms with van der Waals surface area (Å²) < 4.78 is 48.1. The Hall–Kier alpha value is -3.36. The van der Waals surface area contributed by atoms with Crippen molar-refractivity contribution in [3.8, 4) is 17.1 Å². The van der Waals surface area contributed by atoms with Gasteiger partial charge in [0.2, 0.25) is 5.91 Å². The van der Waals surface area contributed by atoms with Crippen molar-refractivity contribution < 1.29 is 22.7 Å². The van der Waals surface area contributed by atoms with Gasteiger partial charge in [-0.15, -0.1) is 10.2 Å². The number of aromatic nitrogens is 3. The van der Waals surface area contributed by atoms with Crippen LogP contribution in [0.1, 0.15) is 30.0 Å². The Balaban J connectivity index is 1.99. The van der Waals surface area contributed by atoms with Gasteiger partial charge in [-0.3, -0.25) is 4.79 Å². The fraction of sp³-hybridized carbons (Fsp3) is 0.211. The number of carbonyl (C=O) groups excluding carboxylic acids is 1. The molecule has 0 fully saturated rings. The van der Waals surface area contributed by atoms with Crippen LogP contribution in [0.2, 0.25) is 0 Å². The molecule has 0 radical (unpaired) electrons. The van der Waals surface area contributed by atoms with Gasteiger partial charge in [-0.2, -0.15) is 0 Å². The van der Waals surface area contributed by atoms with Crippen LogP contribution in [-0.2, 0) is 12.6 Å². The Labute approximate surface area is 158 Å². The molecule has 6 nitrogen and oxygen atoms in total. The Bertz CT molecular complexity index is 1040. The van der Waals surface area contributed by atoms with Gasteiger partial charge in [0.25, 0.3) is 0 Å². The number of amides is 1. The van der Waals surface area contributed by atoms with E-state index in [-0.39, 0.29) is 5.82 Å². The van der Waals surface area contributed by atoms with Crippen molar-refractivity contribution in [1.29, 1.82) is 0 Å². The number of ether oxygens (including phenoxy) is 1. The summed E-state index contributed by atoms with van der Waals surface area (Å²) in [5.74, 6) is -4.02. The molecule has 2 N–H and O–H groups in total. The topological polar surface area (TPSA) is 83.0 Å². The fourth-order valence-electron chi connectivity index (χ4n) is 2.84. The Morgan fingerprint density at radius 1 is 1.11 bits per heavy atom. The van der Waals surface area contributed by atoms with E-state index in [4.69, 9.17) is 10.5 Å². The number of carbonyl (C=O) groups is 1. The van der Waals surface area contributed by atoms with E-state index in [1.165, 1.54) is 0 Å². The summed E-state index contributed by atoms with van der Waals surface area (Å²) in [6, 6.07) is 7.56. The first-order chi connectivity index (χ1) is 13.1. The number of nitrogens with zero attached hydrogens (tertiary/aromatic N) is 3. The highest BCUT2D eigenvalue weighted by molar-refractivity contribution is 5.93. The van der Waals surface area contributed by atoms with E-state index >= 15 is 0 Å². The molecule has 2 aromatic carbocycles. The second kappa shape index (κ2) is 6.99. The van der Waals surface area contributed by atoms with Gasteiger partial charge in [-0.25, -0.2) is 13.2 Å². The predicted octanol–water partition coefficient (Wildman–Crippen LogP) is 3.31. The molecule has 0 spiro atoms. The second-order valence-corrected chi connectivity index (χ2v) is 6.66. The number of hydrogen-bond donors (Lipinski definition) is 1. The summed E-state index contributed by atoms with van der Waals surface area (Å²) >= 11 is 0. The molecule has 0 unspecified atom stereocenters. The summed E-state index contributed by atoms with van der Waals surface area (Å²) in [4.78, 5) is 11.4. The van der Waals surface area contributed by atoms with E-state index in [2.05, 4.69) is 10.2 Å². The molecule has 0 saturated heterocycles. The lowest BCUT2D eigenvalue weighted by Gasteiger charge is -2.26. The van der Waals surface area contributed by atoms with Gasteiger partial charge in [0.1, 0.15) is 5.82 Å². The number of primary amides is 1. The first-order valence-corrected chi connectivity index (χ1v) is 8.24. The summed E-state index contributed by atoms with van der Waals surface area (Å²) in [6.45, 7) is 3.09. The minimum Gasteiger partial charge on any atom is -0.474 e. The molecule has 1 aromatic heterocycles. The fourth-order valence-corrected chi connectivity index (χ4v) is 2.84. The van der Waals surface area contributed by atoms with Gasteiger partial charge < -0.3 is 15.0 Å².